The molecule has 0 atom stereocenters. The number of rotatable bonds is 5. The Morgan fingerprint density at radius 2 is 1.73 bits per heavy atom. The molecule has 4 rings (SSSR count). The number of carbonyl (C=O) groups is 1. The van der Waals surface area contributed by atoms with Crippen molar-refractivity contribution in [2.45, 2.75) is 19.3 Å². The van der Waals surface area contributed by atoms with Crippen molar-refractivity contribution in [3.63, 3.8) is 0 Å². The zero-order chi connectivity index (χ0) is 20.8. The first-order valence-electron chi connectivity index (χ1n) is 9.98. The smallest absolute Gasteiger partial charge is 0.290 e. The second-order valence-corrected chi connectivity index (χ2v) is 7.07. The van der Waals surface area contributed by atoms with Gasteiger partial charge in [0.2, 0.25) is 5.95 Å². The van der Waals surface area contributed by atoms with Crippen LogP contribution in [0.1, 0.15) is 35.3 Å². The van der Waals surface area contributed by atoms with Gasteiger partial charge in [-0.1, -0.05) is 48.5 Å². The summed E-state index contributed by atoms with van der Waals surface area (Å²) in [6.07, 6.45) is 4.62. The van der Waals surface area contributed by atoms with Gasteiger partial charge in [-0.25, -0.2) is 19.8 Å². The summed E-state index contributed by atoms with van der Waals surface area (Å²) in [5, 5.41) is 3.88. The zero-order valence-electron chi connectivity index (χ0n) is 16.5. The number of nitrogens with one attached hydrogen (secondary N) is 1. The number of piperidine rings is 1. The molecule has 0 saturated carbocycles. The Labute approximate surface area is 174 Å². The lowest BCUT2D eigenvalue weighted by atomic mass is 10.1. The van der Waals surface area contributed by atoms with Gasteiger partial charge in [0.25, 0.3) is 5.91 Å². The van der Waals surface area contributed by atoms with Crippen LogP contribution >= 0.6 is 0 Å². The van der Waals surface area contributed by atoms with Crippen LogP contribution in [0.2, 0.25) is 0 Å². The van der Waals surface area contributed by atoms with Crippen LogP contribution in [0, 0.1) is 5.82 Å². The molecular formula is C23H22FN5O. The first-order valence-corrected chi connectivity index (χ1v) is 9.98. The van der Waals surface area contributed by atoms with Crippen LogP contribution in [0.4, 0.5) is 10.3 Å². The van der Waals surface area contributed by atoms with Gasteiger partial charge in [0.05, 0.1) is 11.9 Å². The van der Waals surface area contributed by atoms with E-state index in [-0.39, 0.29) is 5.69 Å². The third-order valence-electron chi connectivity index (χ3n) is 4.93. The molecule has 1 fully saturated rings. The summed E-state index contributed by atoms with van der Waals surface area (Å²) in [6, 6.07) is 17.5. The van der Waals surface area contributed by atoms with E-state index in [1.807, 2.05) is 30.3 Å². The molecule has 0 radical (unpaired) electrons. The molecule has 0 unspecified atom stereocenters. The largest absolute Gasteiger partial charge is 0.341 e. The van der Waals surface area contributed by atoms with Crippen LogP contribution in [-0.4, -0.2) is 35.2 Å². The van der Waals surface area contributed by atoms with E-state index in [1.165, 1.54) is 18.7 Å². The molecule has 1 aromatic heterocycles. The number of hydrogen-bond acceptors (Lipinski definition) is 5. The molecule has 6 nitrogen and oxygen atoms in total. The molecule has 1 aliphatic rings. The number of hydrazone groups is 1. The van der Waals surface area contributed by atoms with Crippen molar-refractivity contribution >= 4 is 18.1 Å². The summed E-state index contributed by atoms with van der Waals surface area (Å²) < 4.78 is 13.7. The number of hydrogen-bond donors (Lipinski definition) is 1. The fraction of sp³-hybridized carbons (Fsp3) is 0.217. The lowest BCUT2D eigenvalue weighted by Crippen LogP contribution is -2.32. The second-order valence-electron chi connectivity index (χ2n) is 7.07. The topological polar surface area (TPSA) is 70.5 Å². The third-order valence-corrected chi connectivity index (χ3v) is 4.93. The standard InChI is InChI=1S/C23H22FN5O/c24-19-12-6-5-11-18(19)16-25-28-22(30)21-15-20(17-9-3-1-4-10-17)26-23(27-21)29-13-7-2-8-14-29/h1,3-6,9-12,15-16H,2,7-8,13-14H2,(H,28,30)/b25-16+. The molecule has 2 aromatic carbocycles. The summed E-state index contributed by atoms with van der Waals surface area (Å²) in [7, 11) is 0. The van der Waals surface area contributed by atoms with Crippen molar-refractivity contribution < 1.29 is 9.18 Å². The maximum absolute atomic E-state index is 13.7. The van der Waals surface area contributed by atoms with Crippen molar-refractivity contribution in [1.29, 1.82) is 0 Å². The fourth-order valence-corrected chi connectivity index (χ4v) is 3.34. The van der Waals surface area contributed by atoms with E-state index in [0.29, 0.717) is 17.2 Å². The number of aromatic nitrogens is 2. The Morgan fingerprint density at radius 3 is 2.50 bits per heavy atom. The number of benzene rings is 2. The third kappa shape index (κ3) is 4.68. The maximum atomic E-state index is 13.7. The average Bonchev–Trinajstić information content (AvgIpc) is 2.81. The van der Waals surface area contributed by atoms with Crippen molar-refractivity contribution in [3.05, 3.63) is 77.7 Å². The molecule has 1 amide bonds. The van der Waals surface area contributed by atoms with Gasteiger partial charge in [0, 0.05) is 24.2 Å². The van der Waals surface area contributed by atoms with Gasteiger partial charge in [-0.3, -0.25) is 4.79 Å². The SMILES string of the molecule is O=C(N/N=C/c1ccccc1F)c1cc(-c2ccccc2)nc(N2CCCCC2)n1. The molecule has 0 spiro atoms. The molecule has 1 N–H and O–H groups in total. The fourth-order valence-electron chi connectivity index (χ4n) is 3.34. The van der Waals surface area contributed by atoms with E-state index < -0.39 is 11.7 Å². The van der Waals surface area contributed by atoms with Gasteiger partial charge in [-0.15, -0.1) is 0 Å². The van der Waals surface area contributed by atoms with Crippen molar-refractivity contribution in [2.75, 3.05) is 18.0 Å². The molecule has 2 heterocycles. The van der Waals surface area contributed by atoms with E-state index >= 15 is 0 Å². The van der Waals surface area contributed by atoms with E-state index in [9.17, 15) is 9.18 Å². The molecule has 1 aliphatic heterocycles. The molecule has 1 saturated heterocycles. The average molecular weight is 403 g/mol. The highest BCUT2D eigenvalue weighted by molar-refractivity contribution is 5.94. The van der Waals surface area contributed by atoms with Gasteiger partial charge in [0.1, 0.15) is 11.5 Å². The highest BCUT2D eigenvalue weighted by atomic mass is 19.1. The predicted molar refractivity (Wildman–Crippen MR) is 115 cm³/mol. The van der Waals surface area contributed by atoms with Crippen LogP contribution in [-0.2, 0) is 0 Å². The number of carbonyl (C=O) groups excluding carboxylic acids is 1. The van der Waals surface area contributed by atoms with Gasteiger partial charge < -0.3 is 4.90 Å². The normalized spacial score (nSPS) is 14.1. The highest BCUT2D eigenvalue weighted by Gasteiger charge is 2.18. The van der Waals surface area contributed by atoms with E-state index in [0.717, 1.165) is 31.5 Å². The van der Waals surface area contributed by atoms with Crippen LogP contribution in [0.3, 0.4) is 0 Å². The number of halogens is 1. The minimum atomic E-state index is -0.472. The molecule has 30 heavy (non-hydrogen) atoms. The van der Waals surface area contributed by atoms with Crippen LogP contribution in [0.15, 0.2) is 65.8 Å². The lowest BCUT2D eigenvalue weighted by molar-refractivity contribution is 0.0950. The van der Waals surface area contributed by atoms with Gasteiger partial charge >= 0.3 is 0 Å². The summed E-state index contributed by atoms with van der Waals surface area (Å²) in [5.41, 5.74) is 4.53. The van der Waals surface area contributed by atoms with Crippen LogP contribution < -0.4 is 10.3 Å². The summed E-state index contributed by atoms with van der Waals surface area (Å²) in [6.45, 7) is 1.73. The molecular weight excluding hydrogens is 381 g/mol. The van der Waals surface area contributed by atoms with Gasteiger partial charge in [-0.2, -0.15) is 5.10 Å². The second kappa shape index (κ2) is 9.26. The van der Waals surface area contributed by atoms with E-state index in [2.05, 4.69) is 20.4 Å². The Kier molecular flexibility index (Phi) is 6.08. The van der Waals surface area contributed by atoms with E-state index in [4.69, 9.17) is 4.98 Å². The monoisotopic (exact) mass is 403 g/mol. The summed E-state index contributed by atoms with van der Waals surface area (Å²) >= 11 is 0. The Hall–Kier alpha value is -3.61. The molecule has 0 bridgehead atoms. The lowest BCUT2D eigenvalue weighted by Gasteiger charge is -2.27. The number of amides is 1. The Bertz CT molecular complexity index is 1050. The first kappa shape index (κ1) is 19.7. The Morgan fingerprint density at radius 1 is 1.00 bits per heavy atom. The molecule has 3 aromatic rings. The molecule has 7 heteroatoms. The maximum Gasteiger partial charge on any atom is 0.290 e. The Balaban J connectivity index is 1.60. The van der Waals surface area contributed by atoms with Crippen molar-refractivity contribution in [2.24, 2.45) is 5.10 Å². The zero-order valence-corrected chi connectivity index (χ0v) is 16.5. The van der Waals surface area contributed by atoms with Gasteiger partial charge in [0.15, 0.2) is 0 Å². The number of anilines is 1. The minimum Gasteiger partial charge on any atom is -0.341 e. The van der Waals surface area contributed by atoms with Crippen molar-refractivity contribution in [1.82, 2.24) is 15.4 Å². The minimum absolute atomic E-state index is 0.218. The van der Waals surface area contributed by atoms with Crippen LogP contribution in [0.25, 0.3) is 11.3 Å². The number of nitrogens with zero attached hydrogens (tertiary/aromatic N) is 4. The highest BCUT2D eigenvalue weighted by Crippen LogP contribution is 2.22. The first-order chi connectivity index (χ1) is 14.7. The molecule has 0 aliphatic carbocycles. The quantitative estimate of drug-likeness (QED) is 0.516. The van der Waals surface area contributed by atoms with Crippen molar-refractivity contribution in [3.8, 4) is 11.3 Å². The summed E-state index contributed by atoms with van der Waals surface area (Å²) in [4.78, 5) is 24.0. The van der Waals surface area contributed by atoms with Gasteiger partial charge in [-0.05, 0) is 31.4 Å². The van der Waals surface area contributed by atoms with Crippen LogP contribution in [0.5, 0.6) is 0 Å². The summed E-state index contributed by atoms with van der Waals surface area (Å²) in [5.74, 6) is -0.337. The molecule has 152 valence electrons. The van der Waals surface area contributed by atoms with E-state index in [1.54, 1.807) is 24.3 Å². The predicted octanol–water partition coefficient (Wildman–Crippen LogP) is 4.04.